The van der Waals surface area contributed by atoms with Crippen LogP contribution in [0.3, 0.4) is 0 Å². The highest BCUT2D eigenvalue weighted by Crippen LogP contribution is 2.36. The van der Waals surface area contributed by atoms with Crippen LogP contribution >= 0.6 is 0 Å². The summed E-state index contributed by atoms with van der Waals surface area (Å²) in [6, 6.07) is 0. The van der Waals surface area contributed by atoms with Gasteiger partial charge in [0, 0.05) is 26.2 Å². The van der Waals surface area contributed by atoms with E-state index in [9.17, 15) is 0 Å². The lowest BCUT2D eigenvalue weighted by Crippen LogP contribution is -2.51. The third-order valence-electron chi connectivity index (χ3n) is 4.84. The van der Waals surface area contributed by atoms with Crippen LogP contribution in [-0.4, -0.2) is 50.8 Å². The normalized spacial score (nSPS) is 39.9. The van der Waals surface area contributed by atoms with Gasteiger partial charge in [-0.05, 0) is 56.5 Å². The van der Waals surface area contributed by atoms with E-state index >= 15 is 0 Å². The standard InChI is InChI=1S/C14H26N2O/c1-4-14(11-15-6-1)5-2-7-16(12-14)9-13-3-8-17-10-13/h13,15H,1-12H2. The Morgan fingerprint density at radius 2 is 2.24 bits per heavy atom. The number of hydrogen-bond donors (Lipinski definition) is 1. The molecule has 3 aliphatic rings. The van der Waals surface area contributed by atoms with Gasteiger partial charge in [0.1, 0.15) is 0 Å². The zero-order chi connectivity index (χ0) is 11.6. The van der Waals surface area contributed by atoms with Crippen LogP contribution in [0.5, 0.6) is 0 Å². The van der Waals surface area contributed by atoms with Crippen LogP contribution in [-0.2, 0) is 4.74 Å². The first-order valence-electron chi connectivity index (χ1n) is 7.37. The first-order chi connectivity index (χ1) is 8.36. The molecule has 2 unspecified atom stereocenters. The number of hydrogen-bond acceptors (Lipinski definition) is 3. The van der Waals surface area contributed by atoms with Gasteiger partial charge in [0.15, 0.2) is 0 Å². The van der Waals surface area contributed by atoms with Crippen molar-refractivity contribution in [2.75, 3.05) is 45.9 Å². The zero-order valence-corrected chi connectivity index (χ0v) is 10.9. The third kappa shape index (κ3) is 2.83. The summed E-state index contributed by atoms with van der Waals surface area (Å²) in [7, 11) is 0. The van der Waals surface area contributed by atoms with E-state index in [2.05, 4.69) is 10.2 Å². The number of nitrogens with zero attached hydrogens (tertiary/aromatic N) is 1. The van der Waals surface area contributed by atoms with Gasteiger partial charge >= 0.3 is 0 Å². The highest BCUT2D eigenvalue weighted by atomic mass is 16.5. The van der Waals surface area contributed by atoms with Gasteiger partial charge in [-0.1, -0.05) is 0 Å². The minimum atomic E-state index is 0.607. The number of likely N-dealkylation sites (tertiary alicyclic amines) is 1. The largest absolute Gasteiger partial charge is 0.381 e. The van der Waals surface area contributed by atoms with Crippen molar-refractivity contribution in [2.24, 2.45) is 11.3 Å². The van der Waals surface area contributed by atoms with Crippen molar-refractivity contribution in [1.82, 2.24) is 10.2 Å². The highest BCUT2D eigenvalue weighted by molar-refractivity contribution is 4.92. The number of piperidine rings is 2. The minimum absolute atomic E-state index is 0.607. The minimum Gasteiger partial charge on any atom is -0.381 e. The van der Waals surface area contributed by atoms with Gasteiger partial charge in [0.2, 0.25) is 0 Å². The lowest BCUT2D eigenvalue weighted by Gasteiger charge is -2.46. The molecule has 0 aromatic rings. The van der Waals surface area contributed by atoms with Crippen molar-refractivity contribution in [3.63, 3.8) is 0 Å². The van der Waals surface area contributed by atoms with Gasteiger partial charge in [-0.15, -0.1) is 0 Å². The fourth-order valence-electron chi connectivity index (χ4n) is 3.94. The van der Waals surface area contributed by atoms with Gasteiger partial charge in [0.05, 0.1) is 6.61 Å². The maximum atomic E-state index is 5.50. The van der Waals surface area contributed by atoms with Crippen LogP contribution in [0.15, 0.2) is 0 Å². The summed E-state index contributed by atoms with van der Waals surface area (Å²) in [6.45, 7) is 8.41. The Balaban J connectivity index is 1.55. The molecule has 0 aromatic carbocycles. The second-order valence-corrected chi connectivity index (χ2v) is 6.35. The summed E-state index contributed by atoms with van der Waals surface area (Å²) in [6.07, 6.45) is 6.94. The van der Waals surface area contributed by atoms with E-state index < -0.39 is 0 Å². The van der Waals surface area contributed by atoms with Gasteiger partial charge in [-0.25, -0.2) is 0 Å². The molecular weight excluding hydrogens is 212 g/mol. The first kappa shape index (κ1) is 11.9. The first-order valence-corrected chi connectivity index (χ1v) is 7.37. The Bertz CT molecular complexity index is 239. The summed E-state index contributed by atoms with van der Waals surface area (Å²) >= 11 is 0. The van der Waals surface area contributed by atoms with E-state index in [1.165, 1.54) is 64.8 Å². The van der Waals surface area contributed by atoms with Gasteiger partial charge in [0.25, 0.3) is 0 Å². The predicted molar refractivity (Wildman–Crippen MR) is 69.1 cm³/mol. The van der Waals surface area contributed by atoms with Gasteiger partial charge in [-0.2, -0.15) is 0 Å². The van der Waals surface area contributed by atoms with E-state index in [0.717, 1.165) is 19.1 Å². The molecule has 3 aliphatic heterocycles. The Labute approximate surface area is 105 Å². The SMILES string of the molecule is C1CNCC2(C1)CCCN(CC1CCOC1)C2. The molecule has 3 saturated heterocycles. The highest BCUT2D eigenvalue weighted by Gasteiger charge is 2.37. The molecule has 2 atom stereocenters. The quantitative estimate of drug-likeness (QED) is 0.789. The van der Waals surface area contributed by atoms with Crippen LogP contribution < -0.4 is 5.32 Å². The maximum absolute atomic E-state index is 5.50. The zero-order valence-electron chi connectivity index (χ0n) is 10.9. The van der Waals surface area contributed by atoms with E-state index in [1.54, 1.807) is 0 Å². The Hall–Kier alpha value is -0.120. The molecule has 0 aromatic heterocycles. The monoisotopic (exact) mass is 238 g/mol. The maximum Gasteiger partial charge on any atom is 0.0507 e. The van der Waals surface area contributed by atoms with Crippen LogP contribution in [0.25, 0.3) is 0 Å². The van der Waals surface area contributed by atoms with Crippen molar-refractivity contribution >= 4 is 0 Å². The van der Waals surface area contributed by atoms with Crippen molar-refractivity contribution in [3.8, 4) is 0 Å². The van der Waals surface area contributed by atoms with E-state index in [1.807, 2.05) is 0 Å². The summed E-state index contributed by atoms with van der Waals surface area (Å²) in [4.78, 5) is 2.72. The topological polar surface area (TPSA) is 24.5 Å². The Morgan fingerprint density at radius 3 is 3.00 bits per heavy atom. The van der Waals surface area contributed by atoms with Crippen molar-refractivity contribution in [1.29, 1.82) is 0 Å². The summed E-state index contributed by atoms with van der Waals surface area (Å²) in [5, 5.41) is 3.61. The van der Waals surface area contributed by atoms with E-state index in [0.29, 0.717) is 5.41 Å². The van der Waals surface area contributed by atoms with E-state index in [4.69, 9.17) is 4.74 Å². The molecule has 1 N–H and O–H groups in total. The molecule has 98 valence electrons. The molecule has 0 aliphatic carbocycles. The molecule has 3 heterocycles. The molecule has 3 nitrogen and oxygen atoms in total. The fourth-order valence-corrected chi connectivity index (χ4v) is 3.94. The fraction of sp³-hybridized carbons (Fsp3) is 1.00. The molecule has 0 saturated carbocycles. The molecule has 0 bridgehead atoms. The second kappa shape index (κ2) is 5.25. The molecule has 3 fully saturated rings. The lowest BCUT2D eigenvalue weighted by atomic mass is 9.74. The Morgan fingerprint density at radius 1 is 1.29 bits per heavy atom. The van der Waals surface area contributed by atoms with Crippen LogP contribution in [0.2, 0.25) is 0 Å². The summed E-state index contributed by atoms with van der Waals surface area (Å²) in [5.74, 6) is 0.807. The molecular formula is C14H26N2O. The summed E-state index contributed by atoms with van der Waals surface area (Å²) < 4.78 is 5.50. The van der Waals surface area contributed by atoms with Crippen LogP contribution in [0.1, 0.15) is 32.1 Å². The molecule has 0 amide bonds. The van der Waals surface area contributed by atoms with Crippen LogP contribution in [0.4, 0.5) is 0 Å². The predicted octanol–water partition coefficient (Wildman–Crippen LogP) is 1.49. The average Bonchev–Trinajstić information content (AvgIpc) is 2.83. The third-order valence-corrected chi connectivity index (χ3v) is 4.84. The van der Waals surface area contributed by atoms with Gasteiger partial charge < -0.3 is 15.0 Å². The van der Waals surface area contributed by atoms with Gasteiger partial charge in [-0.3, -0.25) is 0 Å². The second-order valence-electron chi connectivity index (χ2n) is 6.35. The molecule has 1 spiro atoms. The smallest absolute Gasteiger partial charge is 0.0507 e. The summed E-state index contributed by atoms with van der Waals surface area (Å²) in [5.41, 5.74) is 0.607. The molecule has 17 heavy (non-hydrogen) atoms. The molecule has 3 rings (SSSR count). The lowest BCUT2D eigenvalue weighted by molar-refractivity contribution is 0.0529. The van der Waals surface area contributed by atoms with Crippen LogP contribution in [0, 0.1) is 11.3 Å². The number of ether oxygens (including phenoxy) is 1. The Kier molecular flexibility index (Phi) is 3.69. The molecule has 3 heteroatoms. The van der Waals surface area contributed by atoms with Crippen molar-refractivity contribution in [2.45, 2.75) is 32.1 Å². The number of nitrogens with one attached hydrogen (secondary N) is 1. The van der Waals surface area contributed by atoms with Crippen molar-refractivity contribution in [3.05, 3.63) is 0 Å². The average molecular weight is 238 g/mol. The molecule has 0 radical (unpaired) electrons. The van der Waals surface area contributed by atoms with E-state index in [-0.39, 0.29) is 0 Å². The number of rotatable bonds is 2. The van der Waals surface area contributed by atoms with Crippen molar-refractivity contribution < 1.29 is 4.74 Å².